The molecular weight excluding hydrogens is 348 g/mol. The van der Waals surface area contributed by atoms with Gasteiger partial charge >= 0.3 is 5.97 Å². The number of methoxy groups -OCH3 is 1. The molecule has 0 radical (unpaired) electrons. The number of esters is 1. The molecule has 0 amide bonds. The number of carbonyl (C=O) groups is 1. The van der Waals surface area contributed by atoms with Gasteiger partial charge in [0.05, 0.1) is 23.7 Å². The monoisotopic (exact) mass is 378 g/mol. The van der Waals surface area contributed by atoms with Crippen LogP contribution >= 0.6 is 0 Å². The van der Waals surface area contributed by atoms with Gasteiger partial charge in [-0.1, -0.05) is 63.4 Å². The predicted octanol–water partition coefficient (Wildman–Crippen LogP) is 5.92. The number of fused-ring (bicyclic) bond motifs is 1. The zero-order valence-corrected chi connectivity index (χ0v) is 17.1. The van der Waals surface area contributed by atoms with Crippen molar-refractivity contribution in [2.75, 3.05) is 7.11 Å². The van der Waals surface area contributed by atoms with Gasteiger partial charge in [0.15, 0.2) is 0 Å². The summed E-state index contributed by atoms with van der Waals surface area (Å²) in [6, 6.07) is 15.4. The van der Waals surface area contributed by atoms with Gasteiger partial charge in [0, 0.05) is 6.42 Å². The normalized spacial score (nSPS) is 15.5. The quantitative estimate of drug-likeness (QED) is 0.576. The first-order valence-electron chi connectivity index (χ1n) is 10.1. The van der Waals surface area contributed by atoms with Crippen molar-refractivity contribution in [3.05, 3.63) is 65.5 Å². The Balaban J connectivity index is 0.000000236. The van der Waals surface area contributed by atoms with Gasteiger partial charge in [-0.15, -0.1) is 0 Å². The van der Waals surface area contributed by atoms with Crippen molar-refractivity contribution in [3.63, 3.8) is 0 Å². The first kappa shape index (κ1) is 20.1. The van der Waals surface area contributed by atoms with Gasteiger partial charge < -0.3 is 9.72 Å². The minimum atomic E-state index is -0.342. The summed E-state index contributed by atoms with van der Waals surface area (Å²) in [5, 5.41) is 0. The molecule has 1 aliphatic carbocycles. The highest BCUT2D eigenvalue weighted by atomic mass is 16.5. The van der Waals surface area contributed by atoms with E-state index in [1.54, 1.807) is 12.1 Å². The SMILES string of the molecule is CC1(C)CCCCC1.COC(=O)c1ccc2nc(Cc3ccccc3)[nH]c2c1. The van der Waals surface area contributed by atoms with E-state index < -0.39 is 0 Å². The molecule has 1 N–H and O–H groups in total. The summed E-state index contributed by atoms with van der Waals surface area (Å²) in [5.41, 5.74) is 4.09. The van der Waals surface area contributed by atoms with Crippen LogP contribution in [0.5, 0.6) is 0 Å². The van der Waals surface area contributed by atoms with Crippen LogP contribution in [0.4, 0.5) is 0 Å². The van der Waals surface area contributed by atoms with Crippen molar-refractivity contribution in [1.29, 1.82) is 0 Å². The number of nitrogens with zero attached hydrogens (tertiary/aromatic N) is 1. The first-order valence-corrected chi connectivity index (χ1v) is 10.1. The van der Waals surface area contributed by atoms with E-state index in [2.05, 4.69) is 35.9 Å². The number of aromatic nitrogens is 2. The molecule has 4 rings (SSSR count). The third kappa shape index (κ3) is 5.44. The molecule has 2 aromatic carbocycles. The lowest BCUT2D eigenvalue weighted by atomic mass is 9.78. The van der Waals surface area contributed by atoms with E-state index in [9.17, 15) is 4.79 Å². The average Bonchev–Trinajstić information content (AvgIpc) is 3.09. The minimum absolute atomic E-state index is 0.342. The zero-order valence-electron chi connectivity index (χ0n) is 17.1. The molecule has 1 heterocycles. The van der Waals surface area contributed by atoms with Crippen LogP contribution in [0.15, 0.2) is 48.5 Å². The number of hydrogen-bond donors (Lipinski definition) is 1. The maximum Gasteiger partial charge on any atom is 0.337 e. The Bertz CT molecular complexity index is 905. The Kier molecular flexibility index (Phi) is 6.50. The number of carbonyl (C=O) groups excluding carboxylic acids is 1. The Labute approximate surface area is 167 Å². The lowest BCUT2D eigenvalue weighted by molar-refractivity contribution is 0.0601. The average molecular weight is 379 g/mol. The molecule has 0 saturated heterocycles. The molecule has 4 heteroatoms. The van der Waals surface area contributed by atoms with Crippen LogP contribution in [0, 0.1) is 5.41 Å². The van der Waals surface area contributed by atoms with Gasteiger partial charge in [-0.3, -0.25) is 0 Å². The number of aromatic amines is 1. The van der Waals surface area contributed by atoms with E-state index in [4.69, 9.17) is 4.74 Å². The van der Waals surface area contributed by atoms with Crippen molar-refractivity contribution in [1.82, 2.24) is 9.97 Å². The smallest absolute Gasteiger partial charge is 0.337 e. The summed E-state index contributed by atoms with van der Waals surface area (Å²) >= 11 is 0. The Morgan fingerprint density at radius 1 is 1.07 bits per heavy atom. The molecular formula is C24H30N2O2. The molecule has 1 saturated carbocycles. The van der Waals surface area contributed by atoms with Gasteiger partial charge in [-0.25, -0.2) is 9.78 Å². The van der Waals surface area contributed by atoms with Crippen LogP contribution in [0.3, 0.4) is 0 Å². The molecule has 0 bridgehead atoms. The number of hydrogen-bond acceptors (Lipinski definition) is 3. The molecule has 0 unspecified atom stereocenters. The summed E-state index contributed by atoms with van der Waals surface area (Å²) in [7, 11) is 1.38. The number of nitrogens with one attached hydrogen (secondary N) is 1. The fraction of sp³-hybridized carbons (Fsp3) is 0.417. The molecule has 1 aliphatic rings. The molecule has 1 aromatic heterocycles. The van der Waals surface area contributed by atoms with E-state index in [0.717, 1.165) is 23.3 Å². The topological polar surface area (TPSA) is 55.0 Å². The Morgan fingerprint density at radius 2 is 1.79 bits per heavy atom. The lowest BCUT2D eigenvalue weighted by Gasteiger charge is -2.28. The molecule has 1 fully saturated rings. The highest BCUT2D eigenvalue weighted by Crippen LogP contribution is 2.34. The van der Waals surface area contributed by atoms with Crippen molar-refractivity contribution >= 4 is 17.0 Å². The van der Waals surface area contributed by atoms with E-state index in [1.807, 2.05) is 24.3 Å². The Hall–Kier alpha value is -2.62. The third-order valence-electron chi connectivity index (χ3n) is 5.37. The molecule has 148 valence electrons. The fourth-order valence-corrected chi connectivity index (χ4v) is 3.69. The highest BCUT2D eigenvalue weighted by Gasteiger charge is 2.19. The lowest BCUT2D eigenvalue weighted by Crippen LogP contribution is -2.14. The largest absolute Gasteiger partial charge is 0.465 e. The summed E-state index contributed by atoms with van der Waals surface area (Å²) in [4.78, 5) is 19.3. The maximum atomic E-state index is 11.5. The van der Waals surface area contributed by atoms with Gasteiger partial charge in [0.2, 0.25) is 0 Å². The summed E-state index contributed by atoms with van der Waals surface area (Å²) in [6.45, 7) is 4.76. The minimum Gasteiger partial charge on any atom is -0.465 e. The maximum absolute atomic E-state index is 11.5. The second-order valence-electron chi connectivity index (χ2n) is 8.29. The first-order chi connectivity index (χ1) is 13.5. The summed E-state index contributed by atoms with van der Waals surface area (Å²) in [5.74, 6) is 0.541. The second kappa shape index (κ2) is 9.05. The molecule has 0 aliphatic heterocycles. The summed E-state index contributed by atoms with van der Waals surface area (Å²) in [6.07, 6.45) is 8.05. The predicted molar refractivity (Wildman–Crippen MR) is 114 cm³/mol. The van der Waals surface area contributed by atoms with Crippen molar-refractivity contribution < 1.29 is 9.53 Å². The van der Waals surface area contributed by atoms with Crippen molar-refractivity contribution in [2.45, 2.75) is 52.4 Å². The number of benzene rings is 2. The van der Waals surface area contributed by atoms with E-state index in [0.29, 0.717) is 11.0 Å². The number of rotatable bonds is 3. The molecule has 28 heavy (non-hydrogen) atoms. The Morgan fingerprint density at radius 3 is 2.39 bits per heavy atom. The van der Waals surface area contributed by atoms with E-state index in [1.165, 1.54) is 44.8 Å². The summed E-state index contributed by atoms with van der Waals surface area (Å²) < 4.78 is 4.71. The van der Waals surface area contributed by atoms with Gasteiger partial charge in [-0.2, -0.15) is 0 Å². The number of ether oxygens (including phenoxy) is 1. The molecule has 0 spiro atoms. The van der Waals surface area contributed by atoms with Crippen LogP contribution in [0.1, 0.15) is 67.7 Å². The van der Waals surface area contributed by atoms with Gasteiger partial charge in [0.25, 0.3) is 0 Å². The van der Waals surface area contributed by atoms with E-state index in [-0.39, 0.29) is 5.97 Å². The van der Waals surface area contributed by atoms with E-state index >= 15 is 0 Å². The molecule has 3 aromatic rings. The van der Waals surface area contributed by atoms with Gasteiger partial charge in [0.1, 0.15) is 5.82 Å². The zero-order chi connectivity index (χ0) is 20.0. The number of H-pyrrole nitrogens is 1. The van der Waals surface area contributed by atoms with Crippen LogP contribution in [-0.2, 0) is 11.2 Å². The second-order valence-corrected chi connectivity index (χ2v) is 8.29. The molecule has 4 nitrogen and oxygen atoms in total. The van der Waals surface area contributed by atoms with Crippen molar-refractivity contribution in [3.8, 4) is 0 Å². The number of imidazole rings is 1. The fourth-order valence-electron chi connectivity index (χ4n) is 3.69. The van der Waals surface area contributed by atoms with Crippen LogP contribution < -0.4 is 0 Å². The van der Waals surface area contributed by atoms with Crippen molar-refractivity contribution in [2.24, 2.45) is 5.41 Å². The van der Waals surface area contributed by atoms with Crippen LogP contribution in [-0.4, -0.2) is 23.0 Å². The molecule has 0 atom stereocenters. The van der Waals surface area contributed by atoms with Crippen LogP contribution in [0.25, 0.3) is 11.0 Å². The van der Waals surface area contributed by atoms with Gasteiger partial charge in [-0.05, 0) is 42.0 Å². The van der Waals surface area contributed by atoms with Crippen LogP contribution in [0.2, 0.25) is 0 Å². The standard InChI is InChI=1S/C16H14N2O2.C8H16/c1-20-16(19)12-7-8-13-14(10-12)18-15(17-13)9-11-5-3-2-4-6-11;1-8(2)6-4-3-5-7-8/h2-8,10H,9H2,1H3,(H,17,18);3-7H2,1-2H3. The highest BCUT2D eigenvalue weighted by molar-refractivity contribution is 5.93. The third-order valence-corrected chi connectivity index (χ3v) is 5.37.